The van der Waals surface area contributed by atoms with Gasteiger partial charge in [0.25, 0.3) is 0 Å². The zero-order chi connectivity index (χ0) is 24.7. The Kier molecular flexibility index (Phi) is 8.85. The van der Waals surface area contributed by atoms with Crippen molar-refractivity contribution in [2.24, 2.45) is 10.9 Å². The van der Waals surface area contributed by atoms with Crippen LogP contribution in [0.3, 0.4) is 0 Å². The van der Waals surface area contributed by atoms with E-state index >= 15 is 0 Å². The standard InChI is InChI=1S/C26H28ClNO6/c1-16-22(25(30)32-3)24(20-6-4-5-7-21(20)27)23(17(2)28-16)26(31)34-14-12-18-8-10-19(11-9-18)33-15-13-29/h4-11,22,24,29H,12-15H2,1-3H3. The highest BCUT2D eigenvalue weighted by Crippen LogP contribution is 2.42. The first-order chi connectivity index (χ1) is 16.4. The minimum atomic E-state index is -0.789. The number of aliphatic imine (C=N–C) groups is 1. The minimum Gasteiger partial charge on any atom is -0.491 e. The maximum atomic E-state index is 13.2. The van der Waals surface area contributed by atoms with E-state index in [1.54, 1.807) is 44.2 Å². The number of aliphatic hydroxyl groups is 1. The predicted molar refractivity (Wildman–Crippen MR) is 129 cm³/mol. The van der Waals surface area contributed by atoms with Crippen LogP contribution in [0.5, 0.6) is 5.75 Å². The molecule has 0 aliphatic carbocycles. The lowest BCUT2D eigenvalue weighted by molar-refractivity contribution is -0.144. The van der Waals surface area contributed by atoms with Crippen LogP contribution in [0, 0.1) is 5.92 Å². The number of allylic oxidation sites excluding steroid dienone is 1. The largest absolute Gasteiger partial charge is 0.491 e. The van der Waals surface area contributed by atoms with Gasteiger partial charge in [0.1, 0.15) is 18.3 Å². The van der Waals surface area contributed by atoms with E-state index in [0.717, 1.165) is 5.56 Å². The fourth-order valence-electron chi connectivity index (χ4n) is 4.05. The summed E-state index contributed by atoms with van der Waals surface area (Å²) < 4.78 is 16.0. The van der Waals surface area contributed by atoms with Gasteiger partial charge in [0.2, 0.25) is 0 Å². The third-order valence-corrected chi connectivity index (χ3v) is 6.00. The van der Waals surface area contributed by atoms with Crippen molar-refractivity contribution in [1.29, 1.82) is 0 Å². The minimum absolute atomic E-state index is 0.0530. The molecule has 0 saturated heterocycles. The summed E-state index contributed by atoms with van der Waals surface area (Å²) in [6, 6.07) is 14.5. The molecule has 0 radical (unpaired) electrons. The fraction of sp³-hybridized carbons (Fsp3) is 0.346. The van der Waals surface area contributed by atoms with Crippen molar-refractivity contribution in [2.45, 2.75) is 26.2 Å². The molecule has 2 aromatic carbocycles. The molecule has 0 amide bonds. The Hall–Kier alpha value is -3.16. The zero-order valence-electron chi connectivity index (χ0n) is 19.4. The molecule has 7 nitrogen and oxygen atoms in total. The van der Waals surface area contributed by atoms with Crippen LogP contribution >= 0.6 is 11.6 Å². The number of benzene rings is 2. The van der Waals surface area contributed by atoms with Crippen molar-refractivity contribution in [1.82, 2.24) is 0 Å². The number of ether oxygens (including phenoxy) is 3. The summed E-state index contributed by atoms with van der Waals surface area (Å²) in [5.74, 6) is -1.85. The number of carbonyl (C=O) groups excluding carboxylic acids is 2. The van der Waals surface area contributed by atoms with Crippen molar-refractivity contribution in [3.8, 4) is 5.75 Å². The van der Waals surface area contributed by atoms with Gasteiger partial charge in [-0.25, -0.2) is 4.79 Å². The van der Waals surface area contributed by atoms with Gasteiger partial charge >= 0.3 is 11.9 Å². The van der Waals surface area contributed by atoms with Crippen LogP contribution in [0.15, 0.2) is 64.8 Å². The lowest BCUT2D eigenvalue weighted by atomic mass is 9.75. The number of methoxy groups -OCH3 is 1. The number of nitrogens with zero attached hydrogens (tertiary/aromatic N) is 1. The Bertz CT molecular complexity index is 1090. The molecule has 1 aliphatic rings. The Morgan fingerprint density at radius 1 is 1.06 bits per heavy atom. The van der Waals surface area contributed by atoms with Gasteiger partial charge < -0.3 is 19.3 Å². The maximum absolute atomic E-state index is 13.2. The number of aliphatic hydroxyl groups excluding tert-OH is 1. The molecule has 3 rings (SSSR count). The highest BCUT2D eigenvalue weighted by Gasteiger charge is 2.42. The lowest BCUT2D eigenvalue weighted by Crippen LogP contribution is -2.36. The Labute approximate surface area is 204 Å². The number of halogens is 1. The lowest BCUT2D eigenvalue weighted by Gasteiger charge is -2.31. The van der Waals surface area contributed by atoms with Crippen LogP contribution in [0.4, 0.5) is 0 Å². The van der Waals surface area contributed by atoms with E-state index in [9.17, 15) is 9.59 Å². The van der Waals surface area contributed by atoms with E-state index in [1.807, 2.05) is 18.2 Å². The molecule has 2 unspecified atom stereocenters. The molecule has 0 bridgehead atoms. The van der Waals surface area contributed by atoms with Crippen molar-refractivity contribution in [3.05, 3.63) is 76.0 Å². The quantitative estimate of drug-likeness (QED) is 0.537. The molecule has 180 valence electrons. The molecular weight excluding hydrogens is 458 g/mol. The van der Waals surface area contributed by atoms with Crippen LogP contribution in [0.1, 0.15) is 30.9 Å². The second kappa shape index (κ2) is 11.8. The van der Waals surface area contributed by atoms with Crippen LogP contribution in [-0.4, -0.2) is 49.7 Å². The summed E-state index contributed by atoms with van der Waals surface area (Å²) in [4.78, 5) is 30.4. The molecule has 34 heavy (non-hydrogen) atoms. The predicted octanol–water partition coefficient (Wildman–Crippen LogP) is 4.12. The highest BCUT2D eigenvalue weighted by molar-refractivity contribution is 6.31. The molecule has 1 aliphatic heterocycles. The number of rotatable bonds is 9. The number of hydrogen-bond donors (Lipinski definition) is 1. The summed E-state index contributed by atoms with van der Waals surface area (Å²) in [6.07, 6.45) is 0.498. The van der Waals surface area contributed by atoms with E-state index in [2.05, 4.69) is 4.99 Å². The number of esters is 2. The van der Waals surface area contributed by atoms with E-state index in [-0.39, 0.29) is 19.8 Å². The van der Waals surface area contributed by atoms with E-state index in [0.29, 0.717) is 39.7 Å². The number of hydrogen-bond acceptors (Lipinski definition) is 7. The van der Waals surface area contributed by atoms with E-state index < -0.39 is 23.8 Å². The second-order valence-corrected chi connectivity index (χ2v) is 8.26. The van der Waals surface area contributed by atoms with Gasteiger partial charge in [-0.2, -0.15) is 0 Å². The van der Waals surface area contributed by atoms with Gasteiger partial charge in [-0.3, -0.25) is 9.79 Å². The topological polar surface area (TPSA) is 94.4 Å². The first-order valence-corrected chi connectivity index (χ1v) is 11.3. The first-order valence-electron chi connectivity index (χ1n) is 10.9. The van der Waals surface area contributed by atoms with Gasteiger partial charge in [-0.15, -0.1) is 0 Å². The van der Waals surface area contributed by atoms with Crippen LogP contribution < -0.4 is 4.74 Å². The Morgan fingerprint density at radius 2 is 1.76 bits per heavy atom. The zero-order valence-corrected chi connectivity index (χ0v) is 20.2. The summed E-state index contributed by atoms with van der Waals surface area (Å²) >= 11 is 6.47. The molecule has 2 atom stereocenters. The molecule has 1 heterocycles. The van der Waals surface area contributed by atoms with Crippen molar-refractivity contribution >= 4 is 29.3 Å². The Balaban J connectivity index is 1.80. The molecule has 0 saturated carbocycles. The normalized spacial score (nSPS) is 17.7. The van der Waals surface area contributed by atoms with Crippen LogP contribution in [0.2, 0.25) is 5.02 Å². The van der Waals surface area contributed by atoms with Crippen molar-refractivity contribution in [2.75, 3.05) is 26.9 Å². The highest BCUT2D eigenvalue weighted by atomic mass is 35.5. The molecule has 1 N–H and O–H groups in total. The van der Waals surface area contributed by atoms with Crippen molar-refractivity contribution in [3.63, 3.8) is 0 Å². The Morgan fingerprint density at radius 3 is 2.41 bits per heavy atom. The maximum Gasteiger partial charge on any atom is 0.336 e. The SMILES string of the molecule is COC(=O)C1C(C)=NC(C)=C(C(=O)OCCc2ccc(OCCO)cc2)C1c1ccccc1Cl. The summed E-state index contributed by atoms with van der Waals surface area (Å²) in [5, 5.41) is 9.28. The molecular formula is C26H28ClNO6. The summed E-state index contributed by atoms with van der Waals surface area (Å²) in [5.41, 5.74) is 2.93. The first kappa shape index (κ1) is 25.5. The molecule has 8 heteroatoms. The van der Waals surface area contributed by atoms with E-state index in [1.165, 1.54) is 7.11 Å². The third-order valence-electron chi connectivity index (χ3n) is 5.65. The fourth-order valence-corrected chi connectivity index (χ4v) is 4.31. The smallest absolute Gasteiger partial charge is 0.336 e. The number of carbonyl (C=O) groups is 2. The average Bonchev–Trinajstić information content (AvgIpc) is 2.83. The van der Waals surface area contributed by atoms with Crippen molar-refractivity contribution < 1.29 is 28.9 Å². The molecule has 2 aromatic rings. The van der Waals surface area contributed by atoms with Gasteiger partial charge in [-0.05, 0) is 43.2 Å². The van der Waals surface area contributed by atoms with E-state index in [4.69, 9.17) is 30.9 Å². The molecule has 0 spiro atoms. The third kappa shape index (κ3) is 5.85. The molecule has 0 aromatic heterocycles. The second-order valence-electron chi connectivity index (χ2n) is 7.85. The van der Waals surface area contributed by atoms with Gasteiger partial charge in [0.15, 0.2) is 0 Å². The van der Waals surface area contributed by atoms with Crippen LogP contribution in [0.25, 0.3) is 0 Å². The van der Waals surface area contributed by atoms with Gasteiger partial charge in [0.05, 0.1) is 25.9 Å². The molecule has 0 fully saturated rings. The monoisotopic (exact) mass is 485 g/mol. The average molecular weight is 486 g/mol. The van der Waals surface area contributed by atoms with Gasteiger partial charge in [-0.1, -0.05) is 41.9 Å². The summed E-state index contributed by atoms with van der Waals surface area (Å²) in [7, 11) is 1.31. The van der Waals surface area contributed by atoms with Gasteiger partial charge in [0, 0.05) is 28.8 Å². The summed E-state index contributed by atoms with van der Waals surface area (Å²) in [6.45, 7) is 3.79. The van der Waals surface area contributed by atoms with Crippen LogP contribution in [-0.2, 0) is 25.5 Å².